The van der Waals surface area contributed by atoms with Crippen LogP contribution in [0.1, 0.15) is 15.9 Å². The van der Waals surface area contributed by atoms with Gasteiger partial charge in [0.2, 0.25) is 0 Å². The van der Waals surface area contributed by atoms with Crippen molar-refractivity contribution in [2.75, 3.05) is 19.8 Å². The van der Waals surface area contributed by atoms with Gasteiger partial charge in [0.25, 0.3) is 5.91 Å². The summed E-state index contributed by atoms with van der Waals surface area (Å²) in [4.78, 5) is 12.5. The summed E-state index contributed by atoms with van der Waals surface area (Å²) < 4.78 is 11.4. The van der Waals surface area contributed by atoms with Crippen molar-refractivity contribution in [3.63, 3.8) is 0 Å². The number of rotatable bonds is 9. The lowest BCUT2D eigenvalue weighted by molar-refractivity contribution is 0.0949. The summed E-state index contributed by atoms with van der Waals surface area (Å²) in [5.74, 6) is 1.23. The number of nitrogens with one attached hydrogen (secondary N) is 1. The van der Waals surface area contributed by atoms with E-state index in [1.165, 1.54) is 5.56 Å². The first-order valence-electron chi connectivity index (χ1n) is 9.05. The van der Waals surface area contributed by atoms with E-state index in [1.807, 2.05) is 60.7 Å². The van der Waals surface area contributed by atoms with E-state index in [9.17, 15) is 4.79 Å². The summed E-state index contributed by atoms with van der Waals surface area (Å²) in [6, 6.07) is 26.9. The molecule has 4 heteroatoms. The van der Waals surface area contributed by atoms with Crippen LogP contribution in [0, 0.1) is 0 Å². The third-order valence-corrected chi connectivity index (χ3v) is 4.03. The maximum Gasteiger partial charge on any atom is 0.255 e. The highest BCUT2D eigenvalue weighted by molar-refractivity contribution is 5.96. The predicted molar refractivity (Wildman–Crippen MR) is 106 cm³/mol. The Kier molecular flexibility index (Phi) is 6.87. The first kappa shape index (κ1) is 18.5. The topological polar surface area (TPSA) is 47.6 Å². The molecule has 3 aromatic carbocycles. The van der Waals surface area contributed by atoms with Crippen LogP contribution in [0.5, 0.6) is 11.5 Å². The average molecular weight is 361 g/mol. The fourth-order valence-corrected chi connectivity index (χ4v) is 2.67. The van der Waals surface area contributed by atoms with E-state index in [1.54, 1.807) is 12.1 Å². The van der Waals surface area contributed by atoms with Crippen LogP contribution >= 0.6 is 0 Å². The molecule has 0 bridgehead atoms. The molecular formula is C23H23NO3. The largest absolute Gasteiger partial charge is 0.490 e. The van der Waals surface area contributed by atoms with Crippen molar-refractivity contribution >= 4 is 5.91 Å². The van der Waals surface area contributed by atoms with E-state index in [0.717, 1.165) is 12.2 Å². The van der Waals surface area contributed by atoms with Gasteiger partial charge in [0.1, 0.15) is 24.7 Å². The Morgan fingerprint density at radius 2 is 1.37 bits per heavy atom. The van der Waals surface area contributed by atoms with Crippen LogP contribution in [0.2, 0.25) is 0 Å². The first-order valence-corrected chi connectivity index (χ1v) is 9.05. The number of ether oxygens (including phenoxy) is 2. The zero-order chi connectivity index (χ0) is 18.7. The fraction of sp³-hybridized carbons (Fsp3) is 0.174. The second-order valence-corrected chi connectivity index (χ2v) is 6.00. The predicted octanol–water partition coefficient (Wildman–Crippen LogP) is 4.12. The second kappa shape index (κ2) is 10.0. The highest BCUT2D eigenvalue weighted by Crippen LogP contribution is 2.18. The number of carbonyl (C=O) groups excluding carboxylic acids is 1. The molecule has 0 heterocycles. The highest BCUT2D eigenvalue weighted by Gasteiger charge is 2.11. The van der Waals surface area contributed by atoms with Gasteiger partial charge in [-0.2, -0.15) is 0 Å². The second-order valence-electron chi connectivity index (χ2n) is 6.00. The summed E-state index contributed by atoms with van der Waals surface area (Å²) in [7, 11) is 0. The first-order chi connectivity index (χ1) is 13.3. The van der Waals surface area contributed by atoms with Gasteiger partial charge in [-0.3, -0.25) is 4.79 Å². The molecule has 0 radical (unpaired) electrons. The van der Waals surface area contributed by atoms with Crippen molar-refractivity contribution in [3.8, 4) is 11.5 Å². The van der Waals surface area contributed by atoms with E-state index >= 15 is 0 Å². The van der Waals surface area contributed by atoms with Crippen LogP contribution in [0.3, 0.4) is 0 Å². The summed E-state index contributed by atoms with van der Waals surface area (Å²) >= 11 is 0. The van der Waals surface area contributed by atoms with Crippen molar-refractivity contribution in [2.45, 2.75) is 6.42 Å². The van der Waals surface area contributed by atoms with Gasteiger partial charge in [0, 0.05) is 6.54 Å². The molecule has 0 spiro atoms. The SMILES string of the molecule is O=C(NCCc1ccccc1)c1ccccc1OCCOc1ccccc1. The van der Waals surface area contributed by atoms with E-state index in [-0.39, 0.29) is 5.91 Å². The van der Waals surface area contributed by atoms with Gasteiger partial charge < -0.3 is 14.8 Å². The number of amides is 1. The normalized spacial score (nSPS) is 10.2. The molecule has 138 valence electrons. The maximum atomic E-state index is 12.5. The number of carbonyl (C=O) groups is 1. The van der Waals surface area contributed by atoms with Crippen LogP contribution < -0.4 is 14.8 Å². The molecule has 0 aromatic heterocycles. The lowest BCUT2D eigenvalue weighted by atomic mass is 10.1. The third kappa shape index (κ3) is 5.89. The van der Waals surface area contributed by atoms with Crippen molar-refractivity contribution in [1.29, 1.82) is 0 Å². The summed E-state index contributed by atoms with van der Waals surface area (Å²) in [5.41, 5.74) is 1.73. The number of benzene rings is 3. The van der Waals surface area contributed by atoms with Crippen LogP contribution in [-0.4, -0.2) is 25.7 Å². The van der Waals surface area contributed by atoms with E-state index in [2.05, 4.69) is 17.4 Å². The number of para-hydroxylation sites is 2. The summed E-state index contributed by atoms with van der Waals surface area (Å²) in [6.45, 7) is 1.35. The Morgan fingerprint density at radius 3 is 2.15 bits per heavy atom. The van der Waals surface area contributed by atoms with E-state index < -0.39 is 0 Å². The molecule has 1 N–H and O–H groups in total. The minimum absolute atomic E-state index is 0.134. The molecular weight excluding hydrogens is 338 g/mol. The molecule has 0 aliphatic heterocycles. The molecule has 3 aromatic rings. The summed E-state index contributed by atoms with van der Waals surface area (Å²) in [6.07, 6.45) is 0.792. The van der Waals surface area contributed by atoms with E-state index in [0.29, 0.717) is 31.1 Å². The Hall–Kier alpha value is -3.27. The van der Waals surface area contributed by atoms with Crippen molar-refractivity contribution in [1.82, 2.24) is 5.32 Å². The molecule has 3 rings (SSSR count). The quantitative estimate of drug-likeness (QED) is 0.583. The van der Waals surface area contributed by atoms with Crippen molar-refractivity contribution in [2.24, 2.45) is 0 Å². The van der Waals surface area contributed by atoms with Gasteiger partial charge in [-0.05, 0) is 36.2 Å². The van der Waals surface area contributed by atoms with Gasteiger partial charge in [-0.15, -0.1) is 0 Å². The number of hydrogen-bond donors (Lipinski definition) is 1. The van der Waals surface area contributed by atoms with Gasteiger partial charge in [0.15, 0.2) is 0 Å². The fourth-order valence-electron chi connectivity index (χ4n) is 2.67. The Morgan fingerprint density at radius 1 is 0.741 bits per heavy atom. The smallest absolute Gasteiger partial charge is 0.255 e. The summed E-state index contributed by atoms with van der Waals surface area (Å²) in [5, 5.41) is 2.95. The number of hydrogen-bond acceptors (Lipinski definition) is 3. The molecule has 0 aliphatic carbocycles. The van der Waals surface area contributed by atoms with Crippen LogP contribution in [-0.2, 0) is 6.42 Å². The molecule has 27 heavy (non-hydrogen) atoms. The molecule has 0 saturated carbocycles. The average Bonchev–Trinajstić information content (AvgIpc) is 2.73. The zero-order valence-corrected chi connectivity index (χ0v) is 15.1. The van der Waals surface area contributed by atoms with Crippen LogP contribution in [0.15, 0.2) is 84.9 Å². The third-order valence-electron chi connectivity index (χ3n) is 4.03. The van der Waals surface area contributed by atoms with E-state index in [4.69, 9.17) is 9.47 Å². The zero-order valence-electron chi connectivity index (χ0n) is 15.1. The molecule has 4 nitrogen and oxygen atoms in total. The Labute approximate surface area is 159 Å². The molecule has 0 atom stereocenters. The molecule has 0 saturated heterocycles. The molecule has 0 aliphatic rings. The lowest BCUT2D eigenvalue weighted by Crippen LogP contribution is -2.26. The van der Waals surface area contributed by atoms with Gasteiger partial charge in [0.05, 0.1) is 5.56 Å². The Bertz CT molecular complexity index is 835. The van der Waals surface area contributed by atoms with Crippen molar-refractivity contribution < 1.29 is 14.3 Å². The maximum absolute atomic E-state index is 12.5. The van der Waals surface area contributed by atoms with Crippen LogP contribution in [0.4, 0.5) is 0 Å². The van der Waals surface area contributed by atoms with Gasteiger partial charge in [-0.25, -0.2) is 0 Å². The highest BCUT2D eigenvalue weighted by atomic mass is 16.5. The minimum atomic E-state index is -0.134. The molecule has 0 unspecified atom stereocenters. The molecule has 0 fully saturated rings. The van der Waals surface area contributed by atoms with Crippen LogP contribution in [0.25, 0.3) is 0 Å². The minimum Gasteiger partial charge on any atom is -0.490 e. The standard InChI is InChI=1S/C23H23NO3/c25-23(24-16-15-19-9-3-1-4-10-19)21-13-7-8-14-22(21)27-18-17-26-20-11-5-2-6-12-20/h1-14H,15-18H2,(H,24,25). The monoisotopic (exact) mass is 361 g/mol. The Balaban J connectivity index is 1.48. The lowest BCUT2D eigenvalue weighted by Gasteiger charge is -2.12. The van der Waals surface area contributed by atoms with Gasteiger partial charge >= 0.3 is 0 Å². The van der Waals surface area contributed by atoms with Gasteiger partial charge in [-0.1, -0.05) is 60.7 Å². The van der Waals surface area contributed by atoms with Crippen molar-refractivity contribution in [3.05, 3.63) is 96.1 Å². The molecule has 1 amide bonds.